The van der Waals surface area contributed by atoms with Crippen LogP contribution in [0.25, 0.3) is 0 Å². The van der Waals surface area contributed by atoms with Gasteiger partial charge in [0.2, 0.25) is 5.69 Å². The summed E-state index contributed by atoms with van der Waals surface area (Å²) < 4.78 is 69.4. The Kier molecular flexibility index (Phi) is 11.2. The maximum Gasteiger partial charge on any atom is 0.333 e. The van der Waals surface area contributed by atoms with Crippen LogP contribution >= 0.6 is 0 Å². The number of anilines is 1. The second kappa shape index (κ2) is 14.8. The van der Waals surface area contributed by atoms with Gasteiger partial charge in [-0.1, -0.05) is 26.3 Å². The summed E-state index contributed by atoms with van der Waals surface area (Å²) in [4.78, 5) is 42.6. The van der Waals surface area contributed by atoms with E-state index in [0.29, 0.717) is 37.4 Å². The molecule has 3 aliphatic heterocycles. The lowest BCUT2D eigenvalue weighted by Gasteiger charge is -2.27. The Bertz CT molecular complexity index is 2050. The number of fused-ring (bicyclic) bond motifs is 2. The lowest BCUT2D eigenvalue weighted by Crippen LogP contribution is -2.32. The molecule has 3 aliphatic rings. The summed E-state index contributed by atoms with van der Waals surface area (Å²) in [6.45, 7) is 11.6. The molecule has 0 spiro atoms. The largest absolute Gasteiger partial charge is 0.344 e. The van der Waals surface area contributed by atoms with Gasteiger partial charge < -0.3 is 9.74 Å². The van der Waals surface area contributed by atoms with Gasteiger partial charge in [0, 0.05) is 60.7 Å². The normalized spacial score (nSPS) is 18.8. The maximum atomic E-state index is 12.3. The van der Waals surface area contributed by atoms with E-state index in [4.69, 9.17) is 4.84 Å². The third kappa shape index (κ3) is 7.87. The number of imide groups is 1. The van der Waals surface area contributed by atoms with Crippen molar-refractivity contribution in [2.75, 3.05) is 18.0 Å². The van der Waals surface area contributed by atoms with Crippen molar-refractivity contribution < 1.29 is 49.7 Å². The van der Waals surface area contributed by atoms with Gasteiger partial charge in [-0.3, -0.25) is 18.7 Å². The molecule has 1 saturated heterocycles. The number of benzene rings is 2. The molecule has 2 aromatic rings. The van der Waals surface area contributed by atoms with Crippen LogP contribution in [0.2, 0.25) is 0 Å². The lowest BCUT2D eigenvalue weighted by atomic mass is 9.79. The Morgan fingerprint density at radius 1 is 0.846 bits per heavy atom. The molecule has 3 heterocycles. The van der Waals surface area contributed by atoms with Gasteiger partial charge in [0.05, 0.1) is 15.2 Å². The molecule has 0 radical (unpaired) electrons. The van der Waals surface area contributed by atoms with Gasteiger partial charge in [0.25, 0.3) is 32.1 Å². The Morgan fingerprint density at radius 3 is 2.08 bits per heavy atom. The standard InChI is InChI=1S/C37H47N3O10S2/c1-6-38-29-18-16-25(51(44,45)46)23-27(29)36(2,3)31(38)13-9-7-10-14-32-37(4,5)28-24-26(52(47,48)49)17-19-30(28)39(32)22-12-8-11-15-35(43)50-40-33(41)20-21-34(40)42/h14,16-19,23-24H,6-13,15,20-22H2,1-5H3,(H-,44,45,46,47,48,49)/p+1/b32-14+. The summed E-state index contributed by atoms with van der Waals surface area (Å²) in [6, 6.07) is 9.40. The number of carbonyl (C=O) groups excluding carboxylic acids is 3. The van der Waals surface area contributed by atoms with E-state index in [0.717, 1.165) is 53.9 Å². The van der Waals surface area contributed by atoms with Gasteiger partial charge in [-0.05, 0) is 88.8 Å². The monoisotopic (exact) mass is 758 g/mol. The smallest absolute Gasteiger partial charge is 0.333 e. The number of unbranched alkanes of at least 4 members (excludes halogenated alkanes) is 4. The summed E-state index contributed by atoms with van der Waals surface area (Å²) in [5.74, 6) is -1.67. The van der Waals surface area contributed by atoms with Gasteiger partial charge in [0.15, 0.2) is 5.71 Å². The highest BCUT2D eigenvalue weighted by Gasteiger charge is 2.45. The summed E-state index contributed by atoms with van der Waals surface area (Å²) in [6.07, 6.45) is 7.41. The van der Waals surface area contributed by atoms with Gasteiger partial charge in [-0.15, -0.1) is 5.06 Å². The molecule has 0 aliphatic carbocycles. The van der Waals surface area contributed by atoms with Crippen molar-refractivity contribution in [1.29, 1.82) is 0 Å². The molecule has 5 rings (SSSR count). The van der Waals surface area contributed by atoms with E-state index < -0.39 is 48.8 Å². The van der Waals surface area contributed by atoms with E-state index in [1.54, 1.807) is 18.2 Å². The van der Waals surface area contributed by atoms with E-state index in [1.807, 2.05) is 13.8 Å². The fourth-order valence-corrected chi connectivity index (χ4v) is 8.69. The predicted molar refractivity (Wildman–Crippen MR) is 194 cm³/mol. The first kappa shape index (κ1) is 39.3. The van der Waals surface area contributed by atoms with Crippen LogP contribution in [0, 0.1) is 0 Å². The van der Waals surface area contributed by atoms with Gasteiger partial charge in [-0.25, -0.2) is 4.79 Å². The minimum absolute atomic E-state index is 0.0357. The van der Waals surface area contributed by atoms with Crippen molar-refractivity contribution in [1.82, 2.24) is 5.06 Å². The SMILES string of the molecule is CC[N+]1=C(CCCC/C=C2/N(CCCCCC(=O)ON3C(=O)CCC3=O)c3ccc(S(=O)(=O)O)cc3C2(C)C)C(C)(C)c2cc(S(=O)(=O)O)ccc21. The number of hydrogen-bond donors (Lipinski definition) is 2. The zero-order valence-electron chi connectivity index (χ0n) is 30.3. The van der Waals surface area contributed by atoms with Crippen molar-refractivity contribution >= 4 is 55.1 Å². The molecule has 0 saturated carbocycles. The molecule has 1 fully saturated rings. The Labute approximate surface area is 305 Å². The molecule has 2 aromatic carbocycles. The van der Waals surface area contributed by atoms with E-state index in [-0.39, 0.29) is 29.1 Å². The van der Waals surface area contributed by atoms with Crippen LogP contribution < -0.4 is 4.90 Å². The van der Waals surface area contributed by atoms with Crippen molar-refractivity contribution in [3.8, 4) is 0 Å². The van der Waals surface area contributed by atoms with E-state index >= 15 is 0 Å². The second-order valence-electron chi connectivity index (χ2n) is 14.6. The molecule has 0 bridgehead atoms. The van der Waals surface area contributed by atoms with Gasteiger partial charge in [-0.2, -0.15) is 21.4 Å². The second-order valence-corrected chi connectivity index (χ2v) is 17.4. The van der Waals surface area contributed by atoms with Gasteiger partial charge >= 0.3 is 5.97 Å². The fourth-order valence-electron chi connectivity index (χ4n) is 7.68. The molecule has 15 heteroatoms. The average molecular weight is 759 g/mol. The molecule has 2 N–H and O–H groups in total. The summed E-state index contributed by atoms with van der Waals surface area (Å²) in [5.41, 5.74) is 4.62. The number of rotatable bonds is 15. The molecule has 52 heavy (non-hydrogen) atoms. The molecule has 13 nitrogen and oxygen atoms in total. The Balaban J connectivity index is 1.26. The average Bonchev–Trinajstić information content (AvgIpc) is 3.58. The number of hydroxylamine groups is 2. The number of hydrogen-bond acceptors (Lipinski definition) is 9. The quantitative estimate of drug-likeness (QED) is 0.0944. The number of nitrogens with zero attached hydrogens (tertiary/aromatic N) is 3. The van der Waals surface area contributed by atoms with E-state index in [1.165, 1.54) is 23.9 Å². The van der Waals surface area contributed by atoms with Crippen LogP contribution in [-0.2, 0) is 50.3 Å². The topological polar surface area (TPSA) is 179 Å². The third-order valence-electron chi connectivity index (χ3n) is 10.4. The van der Waals surface area contributed by atoms with Gasteiger partial charge in [0.1, 0.15) is 6.54 Å². The molecule has 0 aromatic heterocycles. The summed E-state index contributed by atoms with van der Waals surface area (Å²) in [7, 11) is -8.75. The highest BCUT2D eigenvalue weighted by molar-refractivity contribution is 7.86. The maximum absolute atomic E-state index is 12.3. The number of carbonyl (C=O) groups is 3. The highest BCUT2D eigenvalue weighted by atomic mass is 32.2. The van der Waals surface area contributed by atoms with Crippen molar-refractivity contribution in [2.24, 2.45) is 0 Å². The molecule has 2 amide bonds. The Hall–Kier alpha value is -3.92. The summed E-state index contributed by atoms with van der Waals surface area (Å²) in [5, 5.41) is 0.553. The Morgan fingerprint density at radius 2 is 1.46 bits per heavy atom. The van der Waals surface area contributed by atoms with E-state index in [9.17, 15) is 40.3 Å². The molecular weight excluding hydrogens is 711 g/mol. The molecular formula is C37H48N3O10S2+. The summed E-state index contributed by atoms with van der Waals surface area (Å²) >= 11 is 0. The van der Waals surface area contributed by atoms with Crippen LogP contribution in [0.5, 0.6) is 0 Å². The zero-order valence-corrected chi connectivity index (χ0v) is 32.0. The van der Waals surface area contributed by atoms with E-state index in [2.05, 4.69) is 36.3 Å². The first-order valence-corrected chi connectivity index (χ1v) is 20.6. The van der Waals surface area contributed by atoms with Crippen LogP contribution in [0.4, 0.5) is 11.4 Å². The van der Waals surface area contributed by atoms with Crippen LogP contribution in [0.1, 0.15) is 110 Å². The first-order valence-electron chi connectivity index (χ1n) is 17.7. The molecule has 282 valence electrons. The van der Waals surface area contributed by atoms with Crippen LogP contribution in [-0.4, -0.2) is 72.2 Å². The minimum Gasteiger partial charge on any atom is -0.344 e. The van der Waals surface area contributed by atoms with Crippen molar-refractivity contribution in [2.45, 2.75) is 119 Å². The van der Waals surface area contributed by atoms with Crippen LogP contribution in [0.15, 0.2) is 58.0 Å². The zero-order chi connectivity index (χ0) is 38.2. The lowest BCUT2D eigenvalue weighted by molar-refractivity contribution is -0.435. The van der Waals surface area contributed by atoms with Crippen LogP contribution in [0.3, 0.4) is 0 Å². The number of amides is 2. The third-order valence-corrected chi connectivity index (χ3v) is 12.1. The first-order chi connectivity index (χ1) is 24.3. The minimum atomic E-state index is -4.41. The van der Waals surface area contributed by atoms with Crippen molar-refractivity contribution in [3.05, 3.63) is 59.3 Å². The molecule has 0 atom stereocenters. The molecule has 0 unspecified atom stereocenters. The number of allylic oxidation sites excluding steroid dienone is 2. The van der Waals surface area contributed by atoms with Crippen molar-refractivity contribution in [3.63, 3.8) is 0 Å². The predicted octanol–water partition coefficient (Wildman–Crippen LogP) is 5.99. The fraction of sp³-hybridized carbons (Fsp3) is 0.514. The highest BCUT2D eigenvalue weighted by Crippen LogP contribution is 2.49.